The molecule has 4 nitrogen and oxygen atoms in total. The Balaban J connectivity index is 1.36. The SMILES string of the molecule is C[C@H](CN(C)C(=O)N[C@@H]1[C@@H]2CCc3ccccc3[C@H]21)c1nccs1. The molecule has 126 valence electrons. The first kappa shape index (κ1) is 15.6. The lowest BCUT2D eigenvalue weighted by Crippen LogP contribution is -2.40. The number of hydrogen-bond acceptors (Lipinski definition) is 3. The third kappa shape index (κ3) is 2.81. The number of hydrogen-bond donors (Lipinski definition) is 1. The molecule has 1 fully saturated rings. The van der Waals surface area contributed by atoms with E-state index in [1.165, 1.54) is 17.5 Å². The number of aryl methyl sites for hydroxylation is 1. The molecule has 2 aliphatic carbocycles. The van der Waals surface area contributed by atoms with Gasteiger partial charge in [0.25, 0.3) is 0 Å². The van der Waals surface area contributed by atoms with Crippen LogP contribution < -0.4 is 5.32 Å². The molecule has 1 heterocycles. The molecular weight excluding hydrogens is 318 g/mol. The van der Waals surface area contributed by atoms with Crippen LogP contribution in [-0.2, 0) is 6.42 Å². The molecule has 4 atom stereocenters. The molecule has 1 N–H and O–H groups in total. The zero-order valence-electron chi connectivity index (χ0n) is 14.1. The van der Waals surface area contributed by atoms with Gasteiger partial charge in [0.1, 0.15) is 0 Å². The molecule has 0 spiro atoms. The molecule has 2 aliphatic rings. The maximum absolute atomic E-state index is 12.6. The van der Waals surface area contributed by atoms with E-state index in [1.54, 1.807) is 16.2 Å². The Hall–Kier alpha value is -1.88. The second kappa shape index (κ2) is 6.20. The summed E-state index contributed by atoms with van der Waals surface area (Å²) >= 11 is 1.65. The molecule has 24 heavy (non-hydrogen) atoms. The third-order valence-electron chi connectivity index (χ3n) is 5.39. The van der Waals surface area contributed by atoms with E-state index in [0.717, 1.165) is 11.4 Å². The number of nitrogens with zero attached hydrogens (tertiary/aromatic N) is 2. The summed E-state index contributed by atoms with van der Waals surface area (Å²) in [5, 5.41) is 6.33. The highest BCUT2D eigenvalue weighted by Gasteiger charge is 2.54. The summed E-state index contributed by atoms with van der Waals surface area (Å²) in [5.41, 5.74) is 2.90. The van der Waals surface area contributed by atoms with Crippen molar-refractivity contribution >= 4 is 17.4 Å². The van der Waals surface area contributed by atoms with Gasteiger partial charge in [-0.25, -0.2) is 9.78 Å². The summed E-state index contributed by atoms with van der Waals surface area (Å²) in [6, 6.07) is 9.02. The normalized spacial score (nSPS) is 25.3. The number of benzene rings is 1. The standard InChI is InChI=1S/C19H23N3OS/c1-12(18-20-9-10-24-18)11-22(2)19(23)21-17-15-8-7-13-5-3-4-6-14(13)16(15)17/h3-6,9-10,12,15-17H,7-8,11H2,1-2H3,(H,21,23)/t12-,15-,16-,17-/m1/s1. The number of carbonyl (C=O) groups excluding carboxylic acids is 1. The molecule has 0 radical (unpaired) electrons. The Morgan fingerprint density at radius 3 is 3.08 bits per heavy atom. The number of amides is 2. The van der Waals surface area contributed by atoms with Crippen LogP contribution in [0, 0.1) is 5.92 Å². The molecule has 2 aromatic rings. The predicted octanol–water partition coefficient (Wildman–Crippen LogP) is 3.62. The zero-order valence-corrected chi connectivity index (χ0v) is 14.9. The Labute approximate surface area is 146 Å². The van der Waals surface area contributed by atoms with Crippen LogP contribution in [0.1, 0.15) is 41.3 Å². The largest absolute Gasteiger partial charge is 0.334 e. The molecular formula is C19H23N3OS. The van der Waals surface area contributed by atoms with Crippen molar-refractivity contribution in [2.45, 2.75) is 37.6 Å². The summed E-state index contributed by atoms with van der Waals surface area (Å²) in [5.74, 6) is 1.40. The van der Waals surface area contributed by atoms with Crippen molar-refractivity contribution < 1.29 is 4.79 Å². The quantitative estimate of drug-likeness (QED) is 0.923. The van der Waals surface area contributed by atoms with Gasteiger partial charge in [-0.1, -0.05) is 31.2 Å². The van der Waals surface area contributed by atoms with Gasteiger partial charge in [-0.2, -0.15) is 0 Å². The fourth-order valence-electron chi connectivity index (χ4n) is 4.07. The Morgan fingerprint density at radius 1 is 1.46 bits per heavy atom. The fraction of sp³-hybridized carbons (Fsp3) is 0.474. The molecule has 0 bridgehead atoms. The Morgan fingerprint density at radius 2 is 2.29 bits per heavy atom. The number of nitrogens with one attached hydrogen (secondary N) is 1. The first-order valence-corrected chi connectivity index (χ1v) is 9.52. The first-order chi connectivity index (χ1) is 11.6. The van der Waals surface area contributed by atoms with Crippen molar-refractivity contribution in [1.29, 1.82) is 0 Å². The summed E-state index contributed by atoms with van der Waals surface area (Å²) in [6.45, 7) is 2.81. The van der Waals surface area contributed by atoms with Gasteiger partial charge >= 0.3 is 6.03 Å². The van der Waals surface area contributed by atoms with Crippen molar-refractivity contribution in [1.82, 2.24) is 15.2 Å². The van der Waals surface area contributed by atoms with Gasteiger partial charge in [-0.15, -0.1) is 11.3 Å². The van der Waals surface area contributed by atoms with Crippen molar-refractivity contribution in [3.8, 4) is 0 Å². The molecule has 0 aliphatic heterocycles. The highest BCUT2D eigenvalue weighted by atomic mass is 32.1. The minimum absolute atomic E-state index is 0.0373. The van der Waals surface area contributed by atoms with Crippen LogP contribution in [0.2, 0.25) is 0 Å². The van der Waals surface area contributed by atoms with Crippen molar-refractivity contribution in [3.05, 3.63) is 52.0 Å². The van der Waals surface area contributed by atoms with Crippen LogP contribution in [0.15, 0.2) is 35.8 Å². The second-order valence-electron chi connectivity index (χ2n) is 7.05. The minimum atomic E-state index is 0.0373. The van der Waals surface area contributed by atoms with Crippen LogP contribution in [0.3, 0.4) is 0 Å². The van der Waals surface area contributed by atoms with E-state index in [-0.39, 0.29) is 11.9 Å². The molecule has 2 amide bonds. The Kier molecular flexibility index (Phi) is 4.04. The average molecular weight is 341 g/mol. The van der Waals surface area contributed by atoms with E-state index >= 15 is 0 Å². The Bertz CT molecular complexity index is 730. The van der Waals surface area contributed by atoms with Crippen LogP contribution in [0.25, 0.3) is 0 Å². The lowest BCUT2D eigenvalue weighted by molar-refractivity contribution is 0.205. The molecule has 1 aromatic carbocycles. The van der Waals surface area contributed by atoms with Crippen LogP contribution in [-0.4, -0.2) is 35.5 Å². The van der Waals surface area contributed by atoms with E-state index in [0.29, 0.717) is 24.4 Å². The third-order valence-corrected chi connectivity index (χ3v) is 6.39. The number of fused-ring (bicyclic) bond motifs is 3. The van der Waals surface area contributed by atoms with Crippen molar-refractivity contribution in [2.75, 3.05) is 13.6 Å². The van der Waals surface area contributed by atoms with E-state index in [9.17, 15) is 4.79 Å². The molecule has 1 aromatic heterocycles. The fourth-order valence-corrected chi connectivity index (χ4v) is 4.76. The molecule has 0 unspecified atom stereocenters. The van der Waals surface area contributed by atoms with Gasteiger partial charge < -0.3 is 10.2 Å². The highest BCUT2D eigenvalue weighted by Crippen LogP contribution is 2.54. The summed E-state index contributed by atoms with van der Waals surface area (Å²) < 4.78 is 0. The van der Waals surface area contributed by atoms with Gasteiger partial charge in [-0.05, 0) is 29.9 Å². The lowest BCUT2D eigenvalue weighted by Gasteiger charge is -2.21. The van der Waals surface area contributed by atoms with Gasteiger partial charge in [0.2, 0.25) is 0 Å². The summed E-state index contributed by atoms with van der Waals surface area (Å²) in [7, 11) is 1.87. The van der Waals surface area contributed by atoms with E-state index < -0.39 is 0 Å². The number of aromatic nitrogens is 1. The molecule has 0 saturated heterocycles. The van der Waals surface area contributed by atoms with Gasteiger partial charge in [0.15, 0.2) is 0 Å². The van der Waals surface area contributed by atoms with Gasteiger partial charge in [0, 0.05) is 43.0 Å². The van der Waals surface area contributed by atoms with Crippen LogP contribution in [0.4, 0.5) is 4.79 Å². The number of urea groups is 1. The maximum Gasteiger partial charge on any atom is 0.317 e. The van der Waals surface area contributed by atoms with Crippen molar-refractivity contribution in [3.63, 3.8) is 0 Å². The second-order valence-corrected chi connectivity index (χ2v) is 7.98. The first-order valence-electron chi connectivity index (χ1n) is 8.64. The summed E-state index contributed by atoms with van der Waals surface area (Å²) in [4.78, 5) is 18.7. The van der Waals surface area contributed by atoms with E-state index in [1.807, 2.05) is 18.6 Å². The van der Waals surface area contributed by atoms with Crippen LogP contribution in [0.5, 0.6) is 0 Å². The minimum Gasteiger partial charge on any atom is -0.334 e. The summed E-state index contributed by atoms with van der Waals surface area (Å²) in [6.07, 6.45) is 4.15. The molecule has 1 saturated carbocycles. The number of rotatable bonds is 4. The molecule has 5 heteroatoms. The maximum atomic E-state index is 12.6. The van der Waals surface area contributed by atoms with E-state index in [2.05, 4.69) is 41.5 Å². The number of carbonyl (C=O) groups is 1. The highest BCUT2D eigenvalue weighted by molar-refractivity contribution is 7.09. The zero-order chi connectivity index (χ0) is 16.7. The lowest BCUT2D eigenvalue weighted by atomic mass is 9.92. The average Bonchev–Trinajstić information content (AvgIpc) is 3.03. The van der Waals surface area contributed by atoms with Crippen LogP contribution >= 0.6 is 11.3 Å². The van der Waals surface area contributed by atoms with Crippen molar-refractivity contribution in [2.24, 2.45) is 5.92 Å². The van der Waals surface area contributed by atoms with E-state index in [4.69, 9.17) is 0 Å². The number of likely N-dealkylation sites (N-methyl/N-ethyl adjacent to an activating group) is 1. The monoisotopic (exact) mass is 341 g/mol. The number of thiazole rings is 1. The smallest absolute Gasteiger partial charge is 0.317 e. The molecule has 4 rings (SSSR count). The van der Waals surface area contributed by atoms with Gasteiger partial charge in [0.05, 0.1) is 5.01 Å². The van der Waals surface area contributed by atoms with Gasteiger partial charge in [-0.3, -0.25) is 0 Å². The topological polar surface area (TPSA) is 45.2 Å². The predicted molar refractivity (Wildman–Crippen MR) is 96.5 cm³/mol.